The molecule has 16 heavy (non-hydrogen) atoms. The van der Waals surface area contributed by atoms with Gasteiger partial charge in [0, 0.05) is 17.3 Å². The van der Waals surface area contributed by atoms with Crippen molar-refractivity contribution < 1.29 is 0 Å². The molecule has 1 aromatic heterocycles. The Morgan fingerprint density at radius 3 is 2.62 bits per heavy atom. The Bertz CT molecular complexity index is 296. The molecule has 1 heterocycles. The van der Waals surface area contributed by atoms with Crippen molar-refractivity contribution in [1.29, 1.82) is 0 Å². The monoisotopic (exact) mass is 240 g/mol. The van der Waals surface area contributed by atoms with Crippen molar-refractivity contribution in [3.8, 4) is 0 Å². The Kier molecular flexibility index (Phi) is 5.99. The Hall–Kier alpha value is -0.410. The molecule has 3 heteroatoms. The molecule has 2 atom stereocenters. The normalized spacial score (nSPS) is 15.0. The average molecular weight is 240 g/mol. The summed E-state index contributed by atoms with van der Waals surface area (Å²) in [6.07, 6.45) is 3.41. The van der Waals surface area contributed by atoms with Crippen molar-refractivity contribution in [2.45, 2.75) is 58.9 Å². The third-order valence-corrected chi connectivity index (χ3v) is 4.12. The van der Waals surface area contributed by atoms with Crippen LogP contribution < -0.4 is 5.32 Å². The summed E-state index contributed by atoms with van der Waals surface area (Å²) < 4.78 is 0. The highest BCUT2D eigenvalue weighted by Crippen LogP contribution is 2.24. The predicted octanol–water partition coefficient (Wildman–Crippen LogP) is 3.59. The summed E-state index contributed by atoms with van der Waals surface area (Å²) in [5.41, 5.74) is 1.23. The van der Waals surface area contributed by atoms with Gasteiger partial charge in [-0.3, -0.25) is 0 Å². The van der Waals surface area contributed by atoms with Gasteiger partial charge in [0.05, 0.1) is 10.7 Å². The first kappa shape index (κ1) is 13.7. The van der Waals surface area contributed by atoms with Gasteiger partial charge >= 0.3 is 0 Å². The molecule has 92 valence electrons. The largest absolute Gasteiger partial charge is 0.313 e. The zero-order valence-corrected chi connectivity index (χ0v) is 11.7. The molecule has 0 aliphatic carbocycles. The Balaban J connectivity index is 2.62. The van der Waals surface area contributed by atoms with Crippen molar-refractivity contribution in [3.05, 3.63) is 16.1 Å². The first-order valence-corrected chi connectivity index (χ1v) is 7.28. The molecular weight excluding hydrogens is 216 g/mol. The van der Waals surface area contributed by atoms with E-state index in [0.717, 1.165) is 13.0 Å². The lowest BCUT2D eigenvalue weighted by Crippen LogP contribution is -2.33. The standard InChI is InChI=1S/C13H24N2S/c1-5-8-14-12(7-3)10(4)13-15-11(6-2)9-16-13/h9-10,12,14H,5-8H2,1-4H3. The third kappa shape index (κ3) is 3.56. The van der Waals surface area contributed by atoms with Crippen LogP contribution in [0.15, 0.2) is 5.38 Å². The molecule has 0 spiro atoms. The highest BCUT2D eigenvalue weighted by atomic mass is 32.1. The lowest BCUT2D eigenvalue weighted by atomic mass is 10.00. The van der Waals surface area contributed by atoms with Crippen LogP contribution in [-0.2, 0) is 6.42 Å². The number of nitrogens with zero attached hydrogens (tertiary/aromatic N) is 1. The van der Waals surface area contributed by atoms with E-state index in [1.165, 1.54) is 23.5 Å². The van der Waals surface area contributed by atoms with Crippen molar-refractivity contribution in [2.24, 2.45) is 0 Å². The third-order valence-electron chi connectivity index (χ3n) is 3.02. The highest BCUT2D eigenvalue weighted by Gasteiger charge is 2.19. The van der Waals surface area contributed by atoms with E-state index in [1.807, 2.05) is 11.3 Å². The fourth-order valence-electron chi connectivity index (χ4n) is 1.87. The van der Waals surface area contributed by atoms with Gasteiger partial charge in [-0.2, -0.15) is 0 Å². The summed E-state index contributed by atoms with van der Waals surface area (Å²) in [6, 6.07) is 0.566. The molecule has 0 aromatic carbocycles. The molecule has 2 unspecified atom stereocenters. The van der Waals surface area contributed by atoms with Crippen molar-refractivity contribution >= 4 is 11.3 Å². The van der Waals surface area contributed by atoms with Crippen LogP contribution in [0.5, 0.6) is 0 Å². The summed E-state index contributed by atoms with van der Waals surface area (Å²) in [6.45, 7) is 10.0. The van der Waals surface area contributed by atoms with Crippen molar-refractivity contribution in [1.82, 2.24) is 10.3 Å². The van der Waals surface area contributed by atoms with Gasteiger partial charge in [0.15, 0.2) is 0 Å². The van der Waals surface area contributed by atoms with Gasteiger partial charge < -0.3 is 5.32 Å². The highest BCUT2D eigenvalue weighted by molar-refractivity contribution is 7.09. The van der Waals surface area contributed by atoms with E-state index in [2.05, 4.69) is 43.4 Å². The van der Waals surface area contributed by atoms with E-state index < -0.39 is 0 Å². The number of aryl methyl sites for hydroxylation is 1. The molecule has 2 nitrogen and oxygen atoms in total. The second kappa shape index (κ2) is 7.02. The van der Waals surface area contributed by atoms with Gasteiger partial charge in [-0.15, -0.1) is 11.3 Å². The molecule has 1 N–H and O–H groups in total. The second-order valence-electron chi connectivity index (χ2n) is 4.29. The Morgan fingerprint density at radius 1 is 1.38 bits per heavy atom. The van der Waals surface area contributed by atoms with E-state index in [-0.39, 0.29) is 0 Å². The van der Waals surface area contributed by atoms with E-state index in [0.29, 0.717) is 12.0 Å². The quantitative estimate of drug-likeness (QED) is 0.788. The number of rotatable bonds is 7. The number of aromatic nitrogens is 1. The SMILES string of the molecule is CCCNC(CC)C(C)c1nc(CC)cs1. The Labute approximate surface area is 103 Å². The van der Waals surface area contributed by atoms with Gasteiger partial charge in [0.1, 0.15) is 0 Å². The minimum Gasteiger partial charge on any atom is -0.313 e. The number of hydrogen-bond donors (Lipinski definition) is 1. The average Bonchev–Trinajstić information content (AvgIpc) is 2.78. The molecule has 0 bridgehead atoms. The fourth-order valence-corrected chi connectivity index (χ4v) is 2.90. The zero-order valence-electron chi connectivity index (χ0n) is 10.9. The van der Waals surface area contributed by atoms with E-state index >= 15 is 0 Å². The number of hydrogen-bond acceptors (Lipinski definition) is 3. The lowest BCUT2D eigenvalue weighted by Gasteiger charge is -2.22. The van der Waals surface area contributed by atoms with Crippen molar-refractivity contribution in [3.63, 3.8) is 0 Å². The topological polar surface area (TPSA) is 24.9 Å². The fraction of sp³-hybridized carbons (Fsp3) is 0.769. The molecule has 0 aliphatic heterocycles. The van der Waals surface area contributed by atoms with E-state index in [1.54, 1.807) is 0 Å². The number of nitrogens with one attached hydrogen (secondary N) is 1. The minimum atomic E-state index is 0.529. The maximum absolute atomic E-state index is 4.68. The zero-order chi connectivity index (χ0) is 12.0. The van der Waals surface area contributed by atoms with Gasteiger partial charge in [-0.05, 0) is 25.8 Å². The van der Waals surface area contributed by atoms with Crippen LogP contribution in [-0.4, -0.2) is 17.6 Å². The smallest absolute Gasteiger partial charge is 0.0972 e. The van der Waals surface area contributed by atoms with Gasteiger partial charge in [-0.25, -0.2) is 4.98 Å². The molecule has 0 saturated carbocycles. The summed E-state index contributed by atoms with van der Waals surface area (Å²) in [5.74, 6) is 0.529. The lowest BCUT2D eigenvalue weighted by molar-refractivity contribution is 0.437. The minimum absolute atomic E-state index is 0.529. The van der Waals surface area contributed by atoms with Crippen LogP contribution in [0.3, 0.4) is 0 Å². The van der Waals surface area contributed by atoms with Crippen LogP contribution in [0, 0.1) is 0 Å². The van der Waals surface area contributed by atoms with Crippen LogP contribution >= 0.6 is 11.3 Å². The van der Waals surface area contributed by atoms with E-state index in [9.17, 15) is 0 Å². The van der Waals surface area contributed by atoms with Gasteiger partial charge in [0.2, 0.25) is 0 Å². The van der Waals surface area contributed by atoms with Crippen LogP contribution in [0.4, 0.5) is 0 Å². The molecule has 0 saturated heterocycles. The number of thiazole rings is 1. The van der Waals surface area contributed by atoms with Crippen LogP contribution in [0.25, 0.3) is 0 Å². The maximum atomic E-state index is 4.68. The molecule has 1 aromatic rings. The molecule has 1 rings (SSSR count). The van der Waals surface area contributed by atoms with Crippen LogP contribution in [0.2, 0.25) is 0 Å². The summed E-state index contributed by atoms with van der Waals surface area (Å²) in [4.78, 5) is 4.68. The second-order valence-corrected chi connectivity index (χ2v) is 5.18. The first-order chi connectivity index (χ1) is 7.72. The summed E-state index contributed by atoms with van der Waals surface area (Å²) in [5, 5.41) is 7.09. The van der Waals surface area contributed by atoms with E-state index in [4.69, 9.17) is 0 Å². The van der Waals surface area contributed by atoms with Crippen molar-refractivity contribution in [2.75, 3.05) is 6.54 Å². The Morgan fingerprint density at radius 2 is 2.12 bits per heavy atom. The molecule has 0 aliphatic rings. The molecule has 0 amide bonds. The maximum Gasteiger partial charge on any atom is 0.0972 e. The first-order valence-electron chi connectivity index (χ1n) is 6.40. The van der Waals surface area contributed by atoms with Crippen LogP contribution in [0.1, 0.15) is 57.2 Å². The summed E-state index contributed by atoms with van der Waals surface area (Å²) >= 11 is 1.81. The molecule has 0 radical (unpaired) electrons. The van der Waals surface area contributed by atoms with Gasteiger partial charge in [-0.1, -0.05) is 27.7 Å². The summed E-state index contributed by atoms with van der Waals surface area (Å²) in [7, 11) is 0. The molecule has 0 fully saturated rings. The van der Waals surface area contributed by atoms with Gasteiger partial charge in [0.25, 0.3) is 0 Å². The predicted molar refractivity (Wildman–Crippen MR) is 72.3 cm³/mol. The molecular formula is C13H24N2S.